The Morgan fingerprint density at radius 1 is 1.12 bits per heavy atom. The first-order valence-electron chi connectivity index (χ1n) is 7.91. The van der Waals surface area contributed by atoms with Crippen molar-refractivity contribution in [3.05, 3.63) is 54.1 Å². The monoisotopic (exact) mass is 397 g/mol. The number of hydrogen-bond donors (Lipinski definition) is 1. The molecule has 0 bridgehead atoms. The number of anilines is 1. The van der Waals surface area contributed by atoms with E-state index in [1.165, 1.54) is 24.3 Å². The van der Waals surface area contributed by atoms with E-state index in [1.807, 2.05) is 47.8 Å². The number of carbonyl (C=O) groups is 1. The molecular weight excluding hydrogens is 380 g/mol. The van der Waals surface area contributed by atoms with Crippen LogP contribution in [-0.4, -0.2) is 30.6 Å². The zero-order valence-electron chi connectivity index (χ0n) is 13.7. The van der Waals surface area contributed by atoms with Gasteiger partial charge in [0.05, 0.1) is 4.58 Å². The smallest absolute Gasteiger partial charge is 0.387 e. The first kappa shape index (κ1) is 18.8. The second kappa shape index (κ2) is 9.14. The van der Waals surface area contributed by atoms with Crippen LogP contribution in [0.1, 0.15) is 10.1 Å². The first-order chi connectivity index (χ1) is 12.6. The lowest BCUT2D eigenvalue weighted by Gasteiger charge is -2.15. The van der Waals surface area contributed by atoms with E-state index >= 15 is 0 Å². The lowest BCUT2D eigenvalue weighted by atomic mass is 10.2. The molecule has 1 aliphatic heterocycles. The fourth-order valence-corrected chi connectivity index (χ4v) is 5.31. The predicted octanol–water partition coefficient (Wildman–Crippen LogP) is 4.78. The van der Waals surface area contributed by atoms with Gasteiger partial charge in [-0.15, -0.1) is 23.5 Å². The topological polar surface area (TPSA) is 47.6 Å². The van der Waals surface area contributed by atoms with Gasteiger partial charge in [0.15, 0.2) is 6.61 Å². The van der Waals surface area contributed by atoms with Gasteiger partial charge < -0.3 is 14.8 Å². The molecule has 0 unspecified atom stereocenters. The molecule has 3 rings (SSSR count). The third kappa shape index (κ3) is 5.28. The number of halogens is 2. The number of alkyl halides is 2. The van der Waals surface area contributed by atoms with Crippen molar-refractivity contribution < 1.29 is 23.0 Å². The molecule has 8 heteroatoms. The maximum absolute atomic E-state index is 12.1. The fourth-order valence-electron chi connectivity index (χ4n) is 2.40. The van der Waals surface area contributed by atoms with Gasteiger partial charge in [-0.3, -0.25) is 4.79 Å². The number of hydrogen-bond acceptors (Lipinski definition) is 5. The van der Waals surface area contributed by atoms with Gasteiger partial charge in [0.1, 0.15) is 11.5 Å². The zero-order chi connectivity index (χ0) is 18.4. The number of para-hydroxylation sites is 1. The Labute approximate surface area is 158 Å². The highest BCUT2D eigenvalue weighted by molar-refractivity contribution is 8.19. The minimum atomic E-state index is -2.87. The van der Waals surface area contributed by atoms with E-state index in [2.05, 4.69) is 10.1 Å². The van der Waals surface area contributed by atoms with Crippen LogP contribution in [0.5, 0.6) is 11.5 Å². The molecule has 1 aliphatic rings. The van der Waals surface area contributed by atoms with Crippen molar-refractivity contribution in [1.29, 1.82) is 0 Å². The molecule has 0 atom stereocenters. The SMILES string of the molecule is O=C(COc1ccccc1C1SCCS1)Nc1ccc(OC(F)F)cc1. The molecule has 0 aromatic heterocycles. The molecule has 1 amide bonds. The van der Waals surface area contributed by atoms with E-state index < -0.39 is 6.61 Å². The molecule has 2 aromatic rings. The van der Waals surface area contributed by atoms with Crippen molar-refractivity contribution >= 4 is 35.1 Å². The van der Waals surface area contributed by atoms with Gasteiger partial charge in [0.2, 0.25) is 0 Å². The van der Waals surface area contributed by atoms with Gasteiger partial charge in [0, 0.05) is 22.8 Å². The van der Waals surface area contributed by atoms with E-state index in [0.29, 0.717) is 16.0 Å². The Balaban J connectivity index is 1.54. The van der Waals surface area contributed by atoms with Crippen molar-refractivity contribution in [2.24, 2.45) is 0 Å². The second-order valence-electron chi connectivity index (χ2n) is 5.35. The molecule has 138 valence electrons. The van der Waals surface area contributed by atoms with Gasteiger partial charge >= 0.3 is 6.61 Å². The third-order valence-corrected chi connectivity index (χ3v) is 6.58. The standard InChI is InChI=1S/C18H17F2NO3S2/c19-18(20)24-13-7-5-12(6-8-13)21-16(22)11-23-15-4-2-1-3-14(15)17-25-9-10-26-17/h1-8,17-18H,9-11H2,(H,21,22). The first-order valence-corrected chi connectivity index (χ1v) is 10.0. The minimum absolute atomic E-state index is 0.0368. The number of thioether (sulfide) groups is 2. The van der Waals surface area contributed by atoms with E-state index in [-0.39, 0.29) is 18.3 Å². The summed E-state index contributed by atoms with van der Waals surface area (Å²) in [4.78, 5) is 12.1. The summed E-state index contributed by atoms with van der Waals surface area (Å²) in [5.74, 6) is 2.63. The minimum Gasteiger partial charge on any atom is -0.483 e. The van der Waals surface area contributed by atoms with Crippen LogP contribution in [0.3, 0.4) is 0 Å². The zero-order valence-corrected chi connectivity index (χ0v) is 15.3. The van der Waals surface area contributed by atoms with Gasteiger partial charge in [-0.25, -0.2) is 0 Å². The molecule has 4 nitrogen and oxygen atoms in total. The van der Waals surface area contributed by atoms with Gasteiger partial charge in [-0.05, 0) is 30.3 Å². The van der Waals surface area contributed by atoms with E-state index in [9.17, 15) is 13.6 Å². The molecule has 26 heavy (non-hydrogen) atoms. The average Bonchev–Trinajstić information content (AvgIpc) is 3.16. The van der Waals surface area contributed by atoms with Crippen LogP contribution in [0.25, 0.3) is 0 Å². The molecule has 0 saturated carbocycles. The average molecular weight is 397 g/mol. The van der Waals surface area contributed by atoms with Gasteiger partial charge in [-0.2, -0.15) is 8.78 Å². The van der Waals surface area contributed by atoms with Crippen LogP contribution >= 0.6 is 23.5 Å². The summed E-state index contributed by atoms with van der Waals surface area (Å²) in [5, 5.41) is 2.66. The Morgan fingerprint density at radius 3 is 2.50 bits per heavy atom. The summed E-state index contributed by atoms with van der Waals surface area (Å²) in [5.41, 5.74) is 1.57. The predicted molar refractivity (Wildman–Crippen MR) is 101 cm³/mol. The number of nitrogens with one attached hydrogen (secondary N) is 1. The number of benzene rings is 2. The van der Waals surface area contributed by atoms with Crippen molar-refractivity contribution in [3.63, 3.8) is 0 Å². The summed E-state index contributed by atoms with van der Waals surface area (Å²) in [6.07, 6.45) is 0. The Bertz CT molecular complexity index is 737. The summed E-state index contributed by atoms with van der Waals surface area (Å²) < 4.78 is 34.5. The summed E-state index contributed by atoms with van der Waals surface area (Å²) in [7, 11) is 0. The second-order valence-corrected chi connectivity index (χ2v) is 8.08. The highest BCUT2D eigenvalue weighted by atomic mass is 32.2. The maximum atomic E-state index is 12.1. The number of carbonyl (C=O) groups excluding carboxylic acids is 1. The molecule has 1 heterocycles. The Morgan fingerprint density at radius 2 is 1.81 bits per heavy atom. The van der Waals surface area contributed by atoms with Crippen molar-refractivity contribution in [2.75, 3.05) is 23.4 Å². The van der Waals surface area contributed by atoms with E-state index in [0.717, 1.165) is 17.1 Å². The molecule has 1 N–H and O–H groups in total. The summed E-state index contributed by atoms with van der Waals surface area (Å²) in [6.45, 7) is -3.01. The number of amides is 1. The highest BCUT2D eigenvalue weighted by Gasteiger charge is 2.21. The third-order valence-electron chi connectivity index (χ3n) is 3.52. The Kier molecular flexibility index (Phi) is 6.62. The van der Waals surface area contributed by atoms with E-state index in [4.69, 9.17) is 4.74 Å². The van der Waals surface area contributed by atoms with Crippen LogP contribution in [0.15, 0.2) is 48.5 Å². The van der Waals surface area contributed by atoms with Gasteiger partial charge in [-0.1, -0.05) is 18.2 Å². The normalized spacial score (nSPS) is 14.4. The highest BCUT2D eigenvalue weighted by Crippen LogP contribution is 2.48. The Hall–Kier alpha value is -1.93. The van der Waals surface area contributed by atoms with Crippen LogP contribution in [-0.2, 0) is 4.79 Å². The maximum Gasteiger partial charge on any atom is 0.387 e. The largest absolute Gasteiger partial charge is 0.483 e. The van der Waals surface area contributed by atoms with Crippen molar-refractivity contribution in [3.8, 4) is 11.5 Å². The molecule has 1 saturated heterocycles. The molecule has 0 radical (unpaired) electrons. The van der Waals surface area contributed by atoms with Crippen molar-refractivity contribution in [1.82, 2.24) is 0 Å². The van der Waals surface area contributed by atoms with Crippen LogP contribution < -0.4 is 14.8 Å². The summed E-state index contributed by atoms with van der Waals surface area (Å²) in [6, 6.07) is 13.4. The van der Waals surface area contributed by atoms with E-state index in [1.54, 1.807) is 0 Å². The summed E-state index contributed by atoms with van der Waals surface area (Å²) >= 11 is 3.74. The number of ether oxygens (including phenoxy) is 2. The molecule has 1 fully saturated rings. The van der Waals surface area contributed by atoms with Crippen molar-refractivity contribution in [2.45, 2.75) is 11.2 Å². The lowest BCUT2D eigenvalue weighted by molar-refractivity contribution is -0.118. The lowest BCUT2D eigenvalue weighted by Crippen LogP contribution is -2.20. The van der Waals surface area contributed by atoms with Gasteiger partial charge in [0.25, 0.3) is 5.91 Å². The quantitative estimate of drug-likeness (QED) is 0.728. The van der Waals surface area contributed by atoms with Crippen LogP contribution in [0, 0.1) is 0 Å². The fraction of sp³-hybridized carbons (Fsp3) is 0.278. The molecular formula is C18H17F2NO3S2. The molecule has 0 aliphatic carbocycles. The molecule has 2 aromatic carbocycles. The molecule has 0 spiro atoms. The van der Waals surface area contributed by atoms with Crippen LogP contribution in [0.4, 0.5) is 14.5 Å². The number of rotatable bonds is 7. The van der Waals surface area contributed by atoms with Crippen LogP contribution in [0.2, 0.25) is 0 Å².